The zero-order valence-electron chi connectivity index (χ0n) is 6.41. The SMILES string of the molecule is CON(C)c1ccncc1Br. The van der Waals surface area contributed by atoms with Gasteiger partial charge in [0.2, 0.25) is 0 Å². The first kappa shape index (κ1) is 8.49. The largest absolute Gasteiger partial charge is 0.277 e. The van der Waals surface area contributed by atoms with Crippen LogP contribution in [-0.4, -0.2) is 19.1 Å². The summed E-state index contributed by atoms with van der Waals surface area (Å²) in [5.41, 5.74) is 0.961. The maximum absolute atomic E-state index is 4.99. The second-order valence-electron chi connectivity index (χ2n) is 2.01. The molecule has 0 saturated heterocycles. The van der Waals surface area contributed by atoms with Gasteiger partial charge < -0.3 is 0 Å². The maximum atomic E-state index is 4.99. The van der Waals surface area contributed by atoms with Gasteiger partial charge in [-0.1, -0.05) is 0 Å². The van der Waals surface area contributed by atoms with Crippen LogP contribution in [0.4, 0.5) is 5.69 Å². The van der Waals surface area contributed by atoms with Crippen LogP contribution in [0.5, 0.6) is 0 Å². The fourth-order valence-electron chi connectivity index (χ4n) is 0.722. The Bertz CT molecular complexity index is 242. The molecule has 0 N–H and O–H groups in total. The van der Waals surface area contributed by atoms with Crippen LogP contribution in [0, 0.1) is 0 Å². The fraction of sp³-hybridized carbons (Fsp3) is 0.286. The third kappa shape index (κ3) is 1.91. The fourth-order valence-corrected chi connectivity index (χ4v) is 1.22. The Kier molecular flexibility index (Phi) is 2.84. The molecular weight excluding hydrogens is 208 g/mol. The quantitative estimate of drug-likeness (QED) is 0.706. The number of pyridine rings is 1. The van der Waals surface area contributed by atoms with Crippen molar-refractivity contribution in [3.05, 3.63) is 22.9 Å². The van der Waals surface area contributed by atoms with Crippen LogP contribution in [-0.2, 0) is 4.84 Å². The summed E-state index contributed by atoms with van der Waals surface area (Å²) in [6, 6.07) is 1.87. The lowest BCUT2D eigenvalue weighted by Crippen LogP contribution is -2.14. The molecule has 0 amide bonds. The van der Waals surface area contributed by atoms with Gasteiger partial charge in [-0.05, 0) is 22.0 Å². The molecular formula is C7H9BrN2O. The standard InChI is InChI=1S/C7H9BrN2O/c1-10(11-2)7-3-4-9-5-6(7)8/h3-5H,1-2H3. The van der Waals surface area contributed by atoms with Crippen LogP contribution >= 0.6 is 15.9 Å². The average molecular weight is 217 g/mol. The molecule has 0 unspecified atom stereocenters. The van der Waals surface area contributed by atoms with Gasteiger partial charge in [-0.25, -0.2) is 0 Å². The van der Waals surface area contributed by atoms with Crippen molar-refractivity contribution in [2.45, 2.75) is 0 Å². The highest BCUT2D eigenvalue weighted by atomic mass is 79.9. The Balaban J connectivity index is 2.93. The predicted octanol–water partition coefficient (Wildman–Crippen LogP) is 1.84. The third-order valence-electron chi connectivity index (χ3n) is 1.36. The van der Waals surface area contributed by atoms with Crippen LogP contribution in [0.25, 0.3) is 0 Å². The highest BCUT2D eigenvalue weighted by molar-refractivity contribution is 9.10. The van der Waals surface area contributed by atoms with Gasteiger partial charge in [-0.15, -0.1) is 0 Å². The van der Waals surface area contributed by atoms with Gasteiger partial charge in [0.05, 0.1) is 17.3 Å². The van der Waals surface area contributed by atoms with E-state index >= 15 is 0 Å². The first-order chi connectivity index (χ1) is 5.25. The van der Waals surface area contributed by atoms with Crippen molar-refractivity contribution < 1.29 is 4.84 Å². The summed E-state index contributed by atoms with van der Waals surface area (Å²) >= 11 is 3.35. The van der Waals surface area contributed by atoms with Gasteiger partial charge in [0.15, 0.2) is 0 Å². The summed E-state index contributed by atoms with van der Waals surface area (Å²) in [5.74, 6) is 0. The van der Waals surface area contributed by atoms with Crippen LogP contribution in [0.1, 0.15) is 0 Å². The molecule has 0 aliphatic heterocycles. The topological polar surface area (TPSA) is 25.4 Å². The van der Waals surface area contributed by atoms with Gasteiger partial charge in [0, 0.05) is 19.4 Å². The second kappa shape index (κ2) is 3.69. The molecule has 0 aliphatic carbocycles. The maximum Gasteiger partial charge on any atom is 0.0806 e. The van der Waals surface area contributed by atoms with E-state index in [0.29, 0.717) is 0 Å². The van der Waals surface area contributed by atoms with Crippen LogP contribution < -0.4 is 5.06 Å². The van der Waals surface area contributed by atoms with Crippen molar-refractivity contribution in [1.82, 2.24) is 4.98 Å². The van der Waals surface area contributed by atoms with Gasteiger partial charge >= 0.3 is 0 Å². The Morgan fingerprint density at radius 1 is 1.64 bits per heavy atom. The van der Waals surface area contributed by atoms with Crippen molar-refractivity contribution in [1.29, 1.82) is 0 Å². The van der Waals surface area contributed by atoms with E-state index in [1.54, 1.807) is 24.6 Å². The average Bonchev–Trinajstić information content (AvgIpc) is 2.04. The summed E-state index contributed by atoms with van der Waals surface area (Å²) in [5, 5.41) is 1.66. The van der Waals surface area contributed by atoms with Crippen molar-refractivity contribution in [2.24, 2.45) is 0 Å². The number of nitrogens with zero attached hydrogens (tertiary/aromatic N) is 2. The first-order valence-electron chi connectivity index (χ1n) is 3.13. The molecule has 1 rings (SSSR count). The summed E-state index contributed by atoms with van der Waals surface area (Å²) in [6.45, 7) is 0. The van der Waals surface area contributed by atoms with Crippen LogP contribution in [0.15, 0.2) is 22.9 Å². The summed E-state index contributed by atoms with van der Waals surface area (Å²) in [4.78, 5) is 8.93. The smallest absolute Gasteiger partial charge is 0.0806 e. The van der Waals surface area contributed by atoms with Crippen molar-refractivity contribution >= 4 is 21.6 Å². The summed E-state index contributed by atoms with van der Waals surface area (Å²) < 4.78 is 0.921. The lowest BCUT2D eigenvalue weighted by atomic mass is 10.4. The van der Waals surface area contributed by atoms with E-state index in [1.165, 1.54) is 0 Å². The molecule has 60 valence electrons. The minimum Gasteiger partial charge on any atom is -0.277 e. The predicted molar refractivity (Wildman–Crippen MR) is 47.3 cm³/mol. The van der Waals surface area contributed by atoms with E-state index in [-0.39, 0.29) is 0 Å². The molecule has 0 radical (unpaired) electrons. The zero-order valence-corrected chi connectivity index (χ0v) is 8.00. The van der Waals surface area contributed by atoms with Gasteiger partial charge in [0.25, 0.3) is 0 Å². The molecule has 0 bridgehead atoms. The number of hydrogen-bond donors (Lipinski definition) is 0. The van der Waals surface area contributed by atoms with Crippen LogP contribution in [0.3, 0.4) is 0 Å². The van der Waals surface area contributed by atoms with E-state index in [0.717, 1.165) is 10.2 Å². The Morgan fingerprint density at radius 3 is 2.91 bits per heavy atom. The molecule has 1 aromatic rings. The van der Waals surface area contributed by atoms with E-state index in [9.17, 15) is 0 Å². The molecule has 11 heavy (non-hydrogen) atoms. The highest BCUT2D eigenvalue weighted by Gasteiger charge is 2.02. The van der Waals surface area contributed by atoms with Crippen molar-refractivity contribution in [2.75, 3.05) is 19.2 Å². The molecule has 0 saturated carbocycles. The number of halogens is 1. The molecule has 1 aromatic heterocycles. The number of anilines is 1. The molecule has 0 spiro atoms. The first-order valence-corrected chi connectivity index (χ1v) is 3.92. The lowest BCUT2D eigenvalue weighted by Gasteiger charge is -2.16. The number of aromatic nitrogens is 1. The lowest BCUT2D eigenvalue weighted by molar-refractivity contribution is 0.184. The summed E-state index contributed by atoms with van der Waals surface area (Å²) in [7, 11) is 3.45. The Hall–Kier alpha value is -0.610. The van der Waals surface area contributed by atoms with Gasteiger partial charge in [0.1, 0.15) is 0 Å². The van der Waals surface area contributed by atoms with Crippen molar-refractivity contribution in [3.8, 4) is 0 Å². The Morgan fingerprint density at radius 2 is 2.36 bits per heavy atom. The third-order valence-corrected chi connectivity index (χ3v) is 1.98. The molecule has 0 fully saturated rings. The molecule has 1 heterocycles. The van der Waals surface area contributed by atoms with E-state index in [2.05, 4.69) is 20.9 Å². The number of hydrogen-bond acceptors (Lipinski definition) is 3. The number of rotatable bonds is 2. The van der Waals surface area contributed by atoms with E-state index < -0.39 is 0 Å². The molecule has 4 heteroatoms. The normalized spacial score (nSPS) is 9.73. The molecule has 3 nitrogen and oxygen atoms in total. The van der Waals surface area contributed by atoms with Gasteiger partial charge in [-0.3, -0.25) is 14.9 Å². The van der Waals surface area contributed by atoms with Crippen LogP contribution in [0.2, 0.25) is 0 Å². The minimum absolute atomic E-state index is 0.921. The monoisotopic (exact) mass is 216 g/mol. The minimum atomic E-state index is 0.921. The van der Waals surface area contributed by atoms with Crippen molar-refractivity contribution in [3.63, 3.8) is 0 Å². The van der Waals surface area contributed by atoms with E-state index in [4.69, 9.17) is 4.84 Å². The highest BCUT2D eigenvalue weighted by Crippen LogP contribution is 2.22. The van der Waals surface area contributed by atoms with E-state index in [1.807, 2.05) is 13.1 Å². The number of hydroxylamine groups is 1. The molecule has 0 aromatic carbocycles. The van der Waals surface area contributed by atoms with Gasteiger partial charge in [-0.2, -0.15) is 0 Å². The summed E-state index contributed by atoms with van der Waals surface area (Å²) in [6.07, 6.45) is 3.44. The Labute approximate surface area is 74.1 Å². The molecule has 0 aliphatic rings. The zero-order chi connectivity index (χ0) is 8.27. The second-order valence-corrected chi connectivity index (χ2v) is 2.86. The molecule has 0 atom stereocenters.